The molecule has 13 heavy (non-hydrogen) atoms. The Morgan fingerprint density at radius 3 is 2.77 bits per heavy atom. The fraction of sp³-hybridized carbons (Fsp3) is 0.375. The van der Waals surface area contributed by atoms with Crippen LogP contribution < -0.4 is 5.73 Å². The van der Waals surface area contributed by atoms with Crippen LogP contribution in [0.2, 0.25) is 0 Å². The van der Waals surface area contributed by atoms with Gasteiger partial charge in [0, 0.05) is 17.1 Å². The molecule has 4 N–H and O–H groups in total. The minimum absolute atomic E-state index is 0.245. The van der Waals surface area contributed by atoms with Crippen LogP contribution in [0.5, 0.6) is 0 Å². The molecule has 0 aliphatic rings. The summed E-state index contributed by atoms with van der Waals surface area (Å²) in [6.45, 7) is 0. The minimum Gasteiger partial charge on any atom is -0.389 e. The van der Waals surface area contributed by atoms with Crippen LogP contribution in [0.25, 0.3) is 0 Å². The van der Waals surface area contributed by atoms with Gasteiger partial charge in [0.2, 0.25) is 0 Å². The predicted octanol–water partition coefficient (Wildman–Crippen LogP) is 0.453. The molecular formula is C8H11BrN2O2. The van der Waals surface area contributed by atoms with Crippen LogP contribution in [-0.4, -0.2) is 26.6 Å². The molecule has 1 aromatic rings. The van der Waals surface area contributed by atoms with Crippen molar-refractivity contribution >= 4 is 21.7 Å². The van der Waals surface area contributed by atoms with Gasteiger partial charge in [-0.1, -0.05) is 22.0 Å². The second-order valence-corrected chi connectivity index (χ2v) is 3.29. The van der Waals surface area contributed by atoms with E-state index in [1.54, 1.807) is 12.1 Å². The molecule has 1 rings (SSSR count). The van der Waals surface area contributed by atoms with Crippen LogP contribution in [0.1, 0.15) is 11.7 Å². The smallest absolute Gasteiger partial charge is 0.129 e. The summed E-state index contributed by atoms with van der Waals surface area (Å²) in [6, 6.07) is 3.30. The molecule has 1 aromatic heterocycles. The molecule has 0 radical (unpaired) electrons. The lowest BCUT2D eigenvalue weighted by molar-refractivity contribution is 0.0345. The highest BCUT2D eigenvalue weighted by atomic mass is 79.9. The van der Waals surface area contributed by atoms with E-state index in [1.807, 2.05) is 0 Å². The van der Waals surface area contributed by atoms with Gasteiger partial charge in [-0.2, -0.15) is 0 Å². The molecular weight excluding hydrogens is 236 g/mol. The first-order chi connectivity index (χ1) is 6.16. The monoisotopic (exact) mass is 246 g/mol. The van der Waals surface area contributed by atoms with Crippen LogP contribution in [-0.2, 0) is 0 Å². The third kappa shape index (κ3) is 2.40. The van der Waals surface area contributed by atoms with Gasteiger partial charge >= 0.3 is 0 Å². The lowest BCUT2D eigenvalue weighted by Gasteiger charge is -2.16. The zero-order chi connectivity index (χ0) is 9.84. The number of anilines is 1. The van der Waals surface area contributed by atoms with Crippen LogP contribution in [0.4, 0.5) is 5.82 Å². The van der Waals surface area contributed by atoms with E-state index < -0.39 is 12.2 Å². The Bertz CT molecular complexity index is 283. The summed E-state index contributed by atoms with van der Waals surface area (Å²) in [5.41, 5.74) is 5.97. The fourth-order valence-corrected chi connectivity index (χ4v) is 1.33. The van der Waals surface area contributed by atoms with E-state index in [0.717, 1.165) is 0 Å². The van der Waals surface area contributed by atoms with Crippen molar-refractivity contribution in [2.24, 2.45) is 0 Å². The number of nitrogen functional groups attached to an aromatic ring is 1. The maximum absolute atomic E-state index is 9.57. The third-order valence-corrected chi connectivity index (χ3v) is 2.38. The zero-order valence-corrected chi connectivity index (χ0v) is 8.48. The Balaban J connectivity index is 2.88. The van der Waals surface area contributed by atoms with Crippen molar-refractivity contribution in [1.29, 1.82) is 0 Å². The number of aliphatic hydroxyl groups excluding tert-OH is 2. The normalized spacial score (nSPS) is 15.3. The first kappa shape index (κ1) is 10.4. The average Bonchev–Trinajstić information content (AvgIpc) is 2.16. The number of rotatable bonds is 3. The highest BCUT2D eigenvalue weighted by Crippen LogP contribution is 2.21. The molecule has 0 aliphatic heterocycles. The van der Waals surface area contributed by atoms with E-state index in [4.69, 9.17) is 5.73 Å². The SMILES string of the molecule is Nc1ncccc1C(O)C(O)CBr. The Morgan fingerprint density at radius 2 is 2.23 bits per heavy atom. The van der Waals surface area contributed by atoms with Gasteiger partial charge in [0.05, 0.1) is 6.10 Å². The summed E-state index contributed by atoms with van der Waals surface area (Å²) in [5, 5.41) is 19.2. The molecule has 5 heteroatoms. The average molecular weight is 247 g/mol. The number of nitrogens with zero attached hydrogens (tertiary/aromatic N) is 1. The molecule has 0 aliphatic carbocycles. The van der Waals surface area contributed by atoms with Gasteiger partial charge in [0.25, 0.3) is 0 Å². The molecule has 0 amide bonds. The van der Waals surface area contributed by atoms with Gasteiger partial charge in [0.15, 0.2) is 0 Å². The van der Waals surface area contributed by atoms with Gasteiger partial charge in [-0.15, -0.1) is 0 Å². The van der Waals surface area contributed by atoms with Gasteiger partial charge < -0.3 is 15.9 Å². The van der Waals surface area contributed by atoms with Crippen LogP contribution >= 0.6 is 15.9 Å². The topological polar surface area (TPSA) is 79.4 Å². The zero-order valence-electron chi connectivity index (χ0n) is 6.89. The lowest BCUT2D eigenvalue weighted by atomic mass is 10.1. The molecule has 72 valence electrons. The molecule has 0 spiro atoms. The summed E-state index contributed by atoms with van der Waals surface area (Å²) in [5.74, 6) is 0.245. The van der Waals surface area contributed by atoms with Crippen molar-refractivity contribution in [1.82, 2.24) is 4.98 Å². The third-order valence-electron chi connectivity index (χ3n) is 1.71. The Hall–Kier alpha value is -0.650. The summed E-state index contributed by atoms with van der Waals surface area (Å²) in [7, 11) is 0. The van der Waals surface area contributed by atoms with Crippen molar-refractivity contribution in [3.8, 4) is 0 Å². The molecule has 0 bridgehead atoms. The molecule has 1 heterocycles. The summed E-state index contributed by atoms with van der Waals surface area (Å²) >= 11 is 3.07. The number of nitrogens with two attached hydrogens (primary N) is 1. The number of halogens is 1. The fourth-order valence-electron chi connectivity index (χ4n) is 0.972. The summed E-state index contributed by atoms with van der Waals surface area (Å²) < 4.78 is 0. The van der Waals surface area contributed by atoms with Gasteiger partial charge in [-0.05, 0) is 6.07 Å². The number of pyridine rings is 1. The Labute approximate surface area is 84.5 Å². The van der Waals surface area contributed by atoms with Crippen LogP contribution in [0.3, 0.4) is 0 Å². The van der Waals surface area contributed by atoms with Gasteiger partial charge in [-0.3, -0.25) is 0 Å². The first-order valence-corrected chi connectivity index (χ1v) is 4.91. The van der Waals surface area contributed by atoms with Crippen LogP contribution in [0, 0.1) is 0 Å². The summed E-state index contributed by atoms with van der Waals surface area (Å²) in [6.07, 6.45) is -0.328. The number of hydrogen-bond donors (Lipinski definition) is 3. The molecule has 0 saturated carbocycles. The van der Waals surface area contributed by atoms with E-state index in [-0.39, 0.29) is 5.82 Å². The molecule has 0 saturated heterocycles. The van der Waals surface area contributed by atoms with Crippen molar-refractivity contribution in [3.63, 3.8) is 0 Å². The van der Waals surface area contributed by atoms with E-state index in [2.05, 4.69) is 20.9 Å². The Morgan fingerprint density at radius 1 is 1.54 bits per heavy atom. The first-order valence-electron chi connectivity index (χ1n) is 3.79. The molecule has 4 nitrogen and oxygen atoms in total. The molecule has 2 unspecified atom stereocenters. The number of alkyl halides is 1. The molecule has 0 aromatic carbocycles. The highest BCUT2D eigenvalue weighted by molar-refractivity contribution is 9.09. The standard InChI is InChI=1S/C8H11BrN2O2/c9-4-6(12)7(13)5-2-1-3-11-8(5)10/h1-3,6-7,12-13H,4H2,(H2,10,11). The van der Waals surface area contributed by atoms with Crippen LogP contribution in [0.15, 0.2) is 18.3 Å². The molecule has 2 atom stereocenters. The quantitative estimate of drug-likeness (QED) is 0.677. The second-order valence-electron chi connectivity index (χ2n) is 2.64. The number of aromatic nitrogens is 1. The largest absolute Gasteiger partial charge is 0.389 e. The minimum atomic E-state index is -0.993. The summed E-state index contributed by atoms with van der Waals surface area (Å²) in [4.78, 5) is 3.81. The van der Waals surface area contributed by atoms with Crippen molar-refractivity contribution in [3.05, 3.63) is 23.9 Å². The Kier molecular flexibility index (Phi) is 3.65. The maximum Gasteiger partial charge on any atom is 0.129 e. The van der Waals surface area contributed by atoms with E-state index in [0.29, 0.717) is 10.9 Å². The lowest BCUT2D eigenvalue weighted by Crippen LogP contribution is -2.20. The number of aliphatic hydroxyl groups is 2. The van der Waals surface area contributed by atoms with E-state index >= 15 is 0 Å². The van der Waals surface area contributed by atoms with E-state index in [1.165, 1.54) is 6.20 Å². The van der Waals surface area contributed by atoms with Crippen molar-refractivity contribution in [2.75, 3.05) is 11.1 Å². The van der Waals surface area contributed by atoms with Crippen molar-refractivity contribution < 1.29 is 10.2 Å². The van der Waals surface area contributed by atoms with Gasteiger partial charge in [-0.25, -0.2) is 4.98 Å². The second kappa shape index (κ2) is 4.55. The van der Waals surface area contributed by atoms with Crippen molar-refractivity contribution in [2.45, 2.75) is 12.2 Å². The predicted molar refractivity (Wildman–Crippen MR) is 53.4 cm³/mol. The van der Waals surface area contributed by atoms with Gasteiger partial charge in [0.1, 0.15) is 11.9 Å². The maximum atomic E-state index is 9.57. The molecule has 0 fully saturated rings. The number of hydrogen-bond acceptors (Lipinski definition) is 4. The van der Waals surface area contributed by atoms with E-state index in [9.17, 15) is 10.2 Å². The highest BCUT2D eigenvalue weighted by Gasteiger charge is 2.19.